The number of benzene rings is 1. The van der Waals surface area contributed by atoms with Gasteiger partial charge in [0.05, 0.1) is 6.61 Å². The Bertz CT molecular complexity index is 380. The molecule has 3 nitrogen and oxygen atoms in total. The summed E-state index contributed by atoms with van der Waals surface area (Å²) in [5, 5.41) is 9.10. The van der Waals surface area contributed by atoms with Gasteiger partial charge in [-0.05, 0) is 43.0 Å². The molecule has 1 aliphatic carbocycles. The highest BCUT2D eigenvalue weighted by molar-refractivity contribution is 5.50. The van der Waals surface area contributed by atoms with Crippen LogP contribution in [0.3, 0.4) is 0 Å². The van der Waals surface area contributed by atoms with Gasteiger partial charge in [0.15, 0.2) is 0 Å². The molecule has 1 aliphatic rings. The predicted molar refractivity (Wildman–Crippen MR) is 66.4 cm³/mol. The molecule has 2 rings (SSSR count). The number of aliphatic hydroxyl groups is 1. The van der Waals surface area contributed by atoms with Crippen molar-refractivity contribution in [3.63, 3.8) is 0 Å². The molecule has 4 heteroatoms. The molecule has 0 aliphatic heterocycles. The molecule has 94 valence electrons. The van der Waals surface area contributed by atoms with Gasteiger partial charge in [-0.25, -0.2) is 4.39 Å². The third-order valence-corrected chi connectivity index (χ3v) is 3.37. The van der Waals surface area contributed by atoms with E-state index in [0.29, 0.717) is 19.1 Å². The molecule has 0 spiro atoms. The number of anilines is 1. The molecular weight excluding hydrogens is 219 g/mol. The lowest BCUT2D eigenvalue weighted by Crippen LogP contribution is -2.42. The lowest BCUT2D eigenvalue weighted by atomic mass is 9.91. The van der Waals surface area contributed by atoms with Crippen molar-refractivity contribution in [3.05, 3.63) is 29.6 Å². The molecule has 0 unspecified atom stereocenters. The minimum Gasteiger partial charge on any atom is -0.395 e. The number of aliphatic hydroxyl groups excluding tert-OH is 1. The van der Waals surface area contributed by atoms with E-state index in [2.05, 4.69) is 4.90 Å². The van der Waals surface area contributed by atoms with E-state index in [1.807, 2.05) is 6.07 Å². The zero-order chi connectivity index (χ0) is 12.3. The van der Waals surface area contributed by atoms with E-state index in [4.69, 9.17) is 10.8 Å². The van der Waals surface area contributed by atoms with Crippen LogP contribution in [0, 0.1) is 5.82 Å². The Hall–Kier alpha value is -1.13. The lowest BCUT2D eigenvalue weighted by Gasteiger charge is -2.39. The fraction of sp³-hybridized carbons (Fsp3) is 0.538. The molecule has 1 aromatic carbocycles. The molecule has 0 bridgehead atoms. The van der Waals surface area contributed by atoms with E-state index in [1.54, 1.807) is 0 Å². The van der Waals surface area contributed by atoms with Gasteiger partial charge in [-0.2, -0.15) is 0 Å². The third-order valence-electron chi connectivity index (χ3n) is 3.37. The molecule has 0 atom stereocenters. The standard InChI is InChI=1S/C13H19FN2O/c14-11-6-10(9-15)7-13(8-11)16(4-5-17)12-2-1-3-12/h6-8,12,17H,1-5,9,15H2. The van der Waals surface area contributed by atoms with E-state index in [1.165, 1.54) is 18.6 Å². The molecule has 0 aromatic heterocycles. The van der Waals surface area contributed by atoms with Crippen LogP contribution in [0.15, 0.2) is 18.2 Å². The van der Waals surface area contributed by atoms with Crippen LogP contribution >= 0.6 is 0 Å². The lowest BCUT2D eigenvalue weighted by molar-refractivity contribution is 0.283. The monoisotopic (exact) mass is 238 g/mol. The fourth-order valence-corrected chi connectivity index (χ4v) is 2.25. The molecule has 0 saturated heterocycles. The Morgan fingerprint density at radius 3 is 2.65 bits per heavy atom. The highest BCUT2D eigenvalue weighted by atomic mass is 19.1. The molecule has 17 heavy (non-hydrogen) atoms. The van der Waals surface area contributed by atoms with Crippen LogP contribution in [0.25, 0.3) is 0 Å². The van der Waals surface area contributed by atoms with Crippen LogP contribution in [0.4, 0.5) is 10.1 Å². The SMILES string of the molecule is NCc1cc(F)cc(N(CCO)C2CCC2)c1. The molecule has 1 fully saturated rings. The Kier molecular flexibility index (Phi) is 3.97. The van der Waals surface area contributed by atoms with Crippen molar-refractivity contribution in [1.29, 1.82) is 0 Å². The first kappa shape index (κ1) is 12.3. The van der Waals surface area contributed by atoms with Crippen molar-refractivity contribution in [2.45, 2.75) is 31.8 Å². The topological polar surface area (TPSA) is 49.5 Å². The number of halogens is 1. The second-order valence-corrected chi connectivity index (χ2v) is 4.52. The summed E-state index contributed by atoms with van der Waals surface area (Å²) >= 11 is 0. The van der Waals surface area contributed by atoms with Crippen LogP contribution in [0.1, 0.15) is 24.8 Å². The van der Waals surface area contributed by atoms with Gasteiger partial charge >= 0.3 is 0 Å². The van der Waals surface area contributed by atoms with Crippen molar-refractivity contribution in [2.24, 2.45) is 5.73 Å². The highest BCUT2D eigenvalue weighted by Gasteiger charge is 2.25. The van der Waals surface area contributed by atoms with E-state index in [-0.39, 0.29) is 12.4 Å². The number of hydrogen-bond acceptors (Lipinski definition) is 3. The summed E-state index contributed by atoms with van der Waals surface area (Å²) in [6.45, 7) is 0.978. The zero-order valence-electron chi connectivity index (χ0n) is 9.90. The van der Waals surface area contributed by atoms with Crippen molar-refractivity contribution < 1.29 is 9.50 Å². The van der Waals surface area contributed by atoms with Crippen molar-refractivity contribution >= 4 is 5.69 Å². The second-order valence-electron chi connectivity index (χ2n) is 4.52. The van der Waals surface area contributed by atoms with Gasteiger partial charge in [-0.3, -0.25) is 0 Å². The van der Waals surface area contributed by atoms with E-state index >= 15 is 0 Å². The second kappa shape index (κ2) is 5.47. The number of nitrogens with two attached hydrogens (primary N) is 1. The zero-order valence-corrected chi connectivity index (χ0v) is 9.90. The smallest absolute Gasteiger partial charge is 0.125 e. The van der Waals surface area contributed by atoms with Crippen LogP contribution in [0.2, 0.25) is 0 Å². The Labute approximate surface area is 101 Å². The average molecular weight is 238 g/mol. The van der Waals surface area contributed by atoms with Crippen LogP contribution in [-0.2, 0) is 6.54 Å². The van der Waals surface area contributed by atoms with E-state index in [0.717, 1.165) is 24.1 Å². The summed E-state index contributed by atoms with van der Waals surface area (Å²) in [4.78, 5) is 2.09. The van der Waals surface area contributed by atoms with Gasteiger partial charge in [-0.1, -0.05) is 0 Å². The summed E-state index contributed by atoms with van der Waals surface area (Å²) in [7, 11) is 0. The Morgan fingerprint density at radius 1 is 1.35 bits per heavy atom. The minimum atomic E-state index is -0.259. The molecule has 3 N–H and O–H groups in total. The quantitative estimate of drug-likeness (QED) is 0.819. The summed E-state index contributed by atoms with van der Waals surface area (Å²) in [5.41, 5.74) is 7.18. The number of rotatable bonds is 5. The average Bonchev–Trinajstić information content (AvgIpc) is 2.25. The number of nitrogens with zero attached hydrogens (tertiary/aromatic N) is 1. The van der Waals surface area contributed by atoms with Gasteiger partial charge in [0.25, 0.3) is 0 Å². The maximum Gasteiger partial charge on any atom is 0.125 e. The first-order chi connectivity index (χ1) is 8.24. The summed E-state index contributed by atoms with van der Waals surface area (Å²) in [6.07, 6.45) is 3.45. The van der Waals surface area contributed by atoms with E-state index in [9.17, 15) is 4.39 Å². The van der Waals surface area contributed by atoms with Crippen molar-refractivity contribution in [1.82, 2.24) is 0 Å². The molecule has 0 heterocycles. The summed E-state index contributed by atoms with van der Waals surface area (Å²) < 4.78 is 13.5. The van der Waals surface area contributed by atoms with Gasteiger partial charge in [0.2, 0.25) is 0 Å². The molecule has 0 radical (unpaired) electrons. The fourth-order valence-electron chi connectivity index (χ4n) is 2.25. The maximum absolute atomic E-state index is 13.5. The van der Waals surface area contributed by atoms with Crippen LogP contribution in [-0.4, -0.2) is 24.3 Å². The highest BCUT2D eigenvalue weighted by Crippen LogP contribution is 2.30. The van der Waals surface area contributed by atoms with Gasteiger partial charge in [0.1, 0.15) is 5.82 Å². The number of hydrogen-bond donors (Lipinski definition) is 2. The third kappa shape index (κ3) is 2.76. The molecular formula is C13H19FN2O. The predicted octanol–water partition coefficient (Wildman–Crippen LogP) is 1.64. The first-order valence-corrected chi connectivity index (χ1v) is 6.11. The van der Waals surface area contributed by atoms with Crippen LogP contribution in [0.5, 0.6) is 0 Å². The van der Waals surface area contributed by atoms with Gasteiger partial charge < -0.3 is 15.7 Å². The summed E-state index contributed by atoms with van der Waals surface area (Å²) in [5.74, 6) is -0.259. The maximum atomic E-state index is 13.5. The Morgan fingerprint density at radius 2 is 2.12 bits per heavy atom. The molecule has 0 amide bonds. The minimum absolute atomic E-state index is 0.0883. The van der Waals surface area contributed by atoms with Crippen molar-refractivity contribution in [3.8, 4) is 0 Å². The molecule has 1 saturated carbocycles. The van der Waals surface area contributed by atoms with Gasteiger partial charge in [-0.15, -0.1) is 0 Å². The largest absolute Gasteiger partial charge is 0.395 e. The van der Waals surface area contributed by atoms with Crippen molar-refractivity contribution in [2.75, 3.05) is 18.1 Å². The van der Waals surface area contributed by atoms with Crippen LogP contribution < -0.4 is 10.6 Å². The normalized spacial score (nSPS) is 15.7. The molecule has 1 aromatic rings. The van der Waals surface area contributed by atoms with Gasteiger partial charge in [0, 0.05) is 24.8 Å². The summed E-state index contributed by atoms with van der Waals surface area (Å²) in [6, 6.07) is 5.33. The first-order valence-electron chi connectivity index (χ1n) is 6.11. The van der Waals surface area contributed by atoms with E-state index < -0.39 is 0 Å². The Balaban J connectivity index is 2.24.